The minimum Gasteiger partial charge on any atom is -0.375 e. The molecule has 7 heteroatoms. The molecule has 3 N–H and O–H groups in total. The summed E-state index contributed by atoms with van der Waals surface area (Å²) in [7, 11) is 0. The van der Waals surface area contributed by atoms with Crippen LogP contribution in [0, 0.1) is 12.3 Å². The van der Waals surface area contributed by atoms with Crippen LogP contribution in [-0.4, -0.2) is 37.1 Å². The van der Waals surface area contributed by atoms with Crippen molar-refractivity contribution >= 4 is 35.6 Å². The average molecular weight is 370 g/mol. The zero-order valence-corrected chi connectivity index (χ0v) is 16.3. The summed E-state index contributed by atoms with van der Waals surface area (Å²) in [6.45, 7) is 10.6. The predicted octanol–water partition coefficient (Wildman–Crippen LogP) is 2.72. The monoisotopic (exact) mass is 369 g/mol. The Bertz CT molecular complexity index is 628. The summed E-state index contributed by atoms with van der Waals surface area (Å²) in [6, 6.07) is 5.11. The van der Waals surface area contributed by atoms with Crippen molar-refractivity contribution in [2.45, 2.75) is 46.8 Å². The Balaban J connectivity index is 0.00000312. The molecule has 2 atom stereocenters. The Morgan fingerprint density at radius 3 is 2.52 bits per heavy atom. The van der Waals surface area contributed by atoms with Crippen LogP contribution in [0.4, 0.5) is 11.4 Å². The van der Waals surface area contributed by atoms with E-state index in [1.807, 2.05) is 46.8 Å². The molecule has 1 aromatic rings. The quantitative estimate of drug-likeness (QED) is 0.765. The zero-order valence-electron chi connectivity index (χ0n) is 15.4. The lowest BCUT2D eigenvalue weighted by molar-refractivity contribution is -0.124. The summed E-state index contributed by atoms with van der Waals surface area (Å²) >= 11 is 0. The minimum absolute atomic E-state index is 0. The van der Waals surface area contributed by atoms with Crippen molar-refractivity contribution < 1.29 is 14.3 Å². The van der Waals surface area contributed by atoms with Gasteiger partial charge in [0.25, 0.3) is 0 Å². The van der Waals surface area contributed by atoms with Crippen LogP contribution in [0.15, 0.2) is 18.2 Å². The smallest absolute Gasteiger partial charge is 0.244 e. The van der Waals surface area contributed by atoms with E-state index in [1.165, 1.54) is 0 Å². The number of ether oxygens (including phenoxy) is 1. The SMILES string of the molecule is Cc1ccc(NC(=O)[C@H]2NCCO[C@@H]2C)cc1NC(=O)C(C)(C)C.Cl. The van der Waals surface area contributed by atoms with Gasteiger partial charge in [-0.05, 0) is 31.5 Å². The highest BCUT2D eigenvalue weighted by molar-refractivity contribution is 5.98. The fourth-order valence-corrected chi connectivity index (χ4v) is 2.39. The number of carbonyl (C=O) groups is 2. The first-order valence-electron chi connectivity index (χ1n) is 8.26. The standard InChI is InChI=1S/C18H27N3O3.ClH/c1-11-6-7-13(10-14(11)21-17(23)18(3,4)5)20-16(22)15-12(2)24-9-8-19-15;/h6-7,10,12,15,19H,8-9H2,1-5H3,(H,20,22)(H,21,23);1H/t12-,15+;/m1./s1. The maximum absolute atomic E-state index is 12.4. The second-order valence-electron chi connectivity index (χ2n) is 7.23. The van der Waals surface area contributed by atoms with Gasteiger partial charge in [-0.1, -0.05) is 26.8 Å². The van der Waals surface area contributed by atoms with E-state index < -0.39 is 5.41 Å². The van der Waals surface area contributed by atoms with Gasteiger partial charge in [-0.15, -0.1) is 12.4 Å². The lowest BCUT2D eigenvalue weighted by Gasteiger charge is -2.29. The Morgan fingerprint density at radius 2 is 1.92 bits per heavy atom. The maximum Gasteiger partial charge on any atom is 0.244 e. The van der Waals surface area contributed by atoms with E-state index in [0.717, 1.165) is 5.56 Å². The van der Waals surface area contributed by atoms with Gasteiger partial charge in [-0.2, -0.15) is 0 Å². The van der Waals surface area contributed by atoms with Crippen LogP contribution in [0.2, 0.25) is 0 Å². The molecule has 0 aliphatic carbocycles. The van der Waals surface area contributed by atoms with E-state index in [0.29, 0.717) is 24.5 Å². The molecule has 1 aromatic carbocycles. The molecule has 0 radical (unpaired) electrons. The molecule has 0 aromatic heterocycles. The van der Waals surface area contributed by atoms with Gasteiger partial charge in [0.15, 0.2) is 0 Å². The molecule has 1 fully saturated rings. The number of aryl methyl sites for hydroxylation is 1. The van der Waals surface area contributed by atoms with Crippen LogP contribution in [0.5, 0.6) is 0 Å². The Kier molecular flexibility index (Phi) is 7.41. The Labute approximate surface area is 155 Å². The van der Waals surface area contributed by atoms with Crippen molar-refractivity contribution in [2.24, 2.45) is 5.41 Å². The summed E-state index contributed by atoms with van der Waals surface area (Å²) in [5, 5.41) is 8.97. The number of amides is 2. The summed E-state index contributed by atoms with van der Waals surface area (Å²) in [4.78, 5) is 24.6. The molecule has 2 amide bonds. The number of anilines is 2. The van der Waals surface area contributed by atoms with E-state index in [2.05, 4.69) is 16.0 Å². The van der Waals surface area contributed by atoms with E-state index in [-0.39, 0.29) is 36.4 Å². The van der Waals surface area contributed by atoms with Crippen molar-refractivity contribution in [3.8, 4) is 0 Å². The fraction of sp³-hybridized carbons (Fsp3) is 0.556. The largest absolute Gasteiger partial charge is 0.375 e. The Hall–Kier alpha value is -1.63. The van der Waals surface area contributed by atoms with Crippen LogP contribution >= 0.6 is 12.4 Å². The topological polar surface area (TPSA) is 79.5 Å². The molecule has 0 saturated carbocycles. The highest BCUT2D eigenvalue weighted by Crippen LogP contribution is 2.24. The van der Waals surface area contributed by atoms with Crippen LogP contribution in [-0.2, 0) is 14.3 Å². The van der Waals surface area contributed by atoms with Crippen LogP contribution < -0.4 is 16.0 Å². The van der Waals surface area contributed by atoms with Crippen molar-refractivity contribution in [2.75, 3.05) is 23.8 Å². The third-order valence-corrected chi connectivity index (χ3v) is 4.03. The van der Waals surface area contributed by atoms with Gasteiger partial charge in [-0.25, -0.2) is 0 Å². The molecule has 2 rings (SSSR count). The number of morpholine rings is 1. The van der Waals surface area contributed by atoms with Gasteiger partial charge in [0, 0.05) is 23.3 Å². The maximum atomic E-state index is 12.4. The molecule has 1 saturated heterocycles. The molecule has 1 aliphatic heterocycles. The first-order chi connectivity index (χ1) is 11.2. The Morgan fingerprint density at radius 1 is 1.24 bits per heavy atom. The van der Waals surface area contributed by atoms with Gasteiger partial charge in [0.05, 0.1) is 12.7 Å². The highest BCUT2D eigenvalue weighted by atomic mass is 35.5. The highest BCUT2D eigenvalue weighted by Gasteiger charge is 2.28. The molecule has 140 valence electrons. The molecule has 6 nitrogen and oxygen atoms in total. The fourth-order valence-electron chi connectivity index (χ4n) is 2.39. The van der Waals surface area contributed by atoms with Gasteiger partial charge in [0.1, 0.15) is 6.04 Å². The minimum atomic E-state index is -0.482. The van der Waals surface area contributed by atoms with E-state index in [9.17, 15) is 9.59 Å². The summed E-state index contributed by atoms with van der Waals surface area (Å²) < 4.78 is 5.50. The van der Waals surface area contributed by atoms with Crippen molar-refractivity contribution in [3.63, 3.8) is 0 Å². The van der Waals surface area contributed by atoms with Crippen LogP contribution in [0.1, 0.15) is 33.3 Å². The lowest BCUT2D eigenvalue weighted by atomic mass is 9.95. The van der Waals surface area contributed by atoms with Gasteiger partial charge in [0.2, 0.25) is 11.8 Å². The number of halogens is 1. The van der Waals surface area contributed by atoms with Gasteiger partial charge < -0.3 is 20.7 Å². The molecule has 1 heterocycles. The average Bonchev–Trinajstić information content (AvgIpc) is 2.50. The number of nitrogens with one attached hydrogen (secondary N) is 3. The second-order valence-corrected chi connectivity index (χ2v) is 7.23. The van der Waals surface area contributed by atoms with E-state index in [1.54, 1.807) is 6.07 Å². The molecular formula is C18H28ClN3O3. The molecule has 0 spiro atoms. The van der Waals surface area contributed by atoms with E-state index >= 15 is 0 Å². The number of hydrogen-bond acceptors (Lipinski definition) is 4. The number of benzene rings is 1. The summed E-state index contributed by atoms with van der Waals surface area (Å²) in [6.07, 6.45) is -0.177. The van der Waals surface area contributed by atoms with Crippen LogP contribution in [0.3, 0.4) is 0 Å². The van der Waals surface area contributed by atoms with Crippen molar-refractivity contribution in [3.05, 3.63) is 23.8 Å². The molecule has 0 bridgehead atoms. The zero-order chi connectivity index (χ0) is 17.9. The molecule has 25 heavy (non-hydrogen) atoms. The molecular weight excluding hydrogens is 342 g/mol. The third kappa shape index (κ3) is 5.70. The van der Waals surface area contributed by atoms with E-state index in [4.69, 9.17) is 4.74 Å². The molecule has 1 aliphatic rings. The normalized spacial score (nSPS) is 20.4. The van der Waals surface area contributed by atoms with Gasteiger partial charge >= 0.3 is 0 Å². The molecule has 0 unspecified atom stereocenters. The van der Waals surface area contributed by atoms with Crippen LogP contribution in [0.25, 0.3) is 0 Å². The third-order valence-electron chi connectivity index (χ3n) is 4.03. The second kappa shape index (κ2) is 8.65. The van der Waals surface area contributed by atoms with Crippen molar-refractivity contribution in [1.29, 1.82) is 0 Å². The summed E-state index contributed by atoms with van der Waals surface area (Å²) in [5.41, 5.74) is 1.81. The number of carbonyl (C=O) groups excluding carboxylic acids is 2. The lowest BCUT2D eigenvalue weighted by Crippen LogP contribution is -2.53. The predicted molar refractivity (Wildman–Crippen MR) is 102 cm³/mol. The first kappa shape index (κ1) is 21.4. The summed E-state index contributed by atoms with van der Waals surface area (Å²) in [5.74, 6) is -0.204. The number of rotatable bonds is 3. The number of hydrogen-bond donors (Lipinski definition) is 3. The van der Waals surface area contributed by atoms with Gasteiger partial charge in [-0.3, -0.25) is 9.59 Å². The van der Waals surface area contributed by atoms with Crippen molar-refractivity contribution in [1.82, 2.24) is 5.32 Å². The first-order valence-corrected chi connectivity index (χ1v) is 8.26.